The predicted molar refractivity (Wildman–Crippen MR) is 142 cm³/mol. The zero-order chi connectivity index (χ0) is 25.2. The molecule has 0 aliphatic rings. The van der Waals surface area contributed by atoms with E-state index in [1.165, 1.54) is 0 Å². The highest BCUT2D eigenvalue weighted by molar-refractivity contribution is 7.96. The van der Waals surface area contributed by atoms with Crippen LogP contribution in [0.5, 0.6) is 0 Å². The summed E-state index contributed by atoms with van der Waals surface area (Å²) in [5.41, 5.74) is 5.22. The third-order valence-corrected chi connectivity index (χ3v) is 5.91. The van der Waals surface area contributed by atoms with E-state index < -0.39 is 11.3 Å². The van der Waals surface area contributed by atoms with Crippen molar-refractivity contribution < 1.29 is 9.90 Å². The van der Waals surface area contributed by atoms with Gasteiger partial charge in [-0.25, -0.2) is 9.97 Å². The van der Waals surface area contributed by atoms with Crippen molar-refractivity contribution in [3.05, 3.63) is 88.9 Å². The molecule has 1 amide bonds. The molecule has 10 nitrogen and oxygen atoms in total. The van der Waals surface area contributed by atoms with Crippen LogP contribution in [0.1, 0.15) is 17.2 Å². The number of aliphatic hydroxyl groups excluding tert-OH is 1. The third kappa shape index (κ3) is 4.74. The number of fused-ring (bicyclic) bond motifs is 1. The first-order chi connectivity index (χ1) is 17.4. The Bertz CT molecular complexity index is 1590. The summed E-state index contributed by atoms with van der Waals surface area (Å²) >= 11 is 3.69. The summed E-state index contributed by atoms with van der Waals surface area (Å²) in [5, 5.41) is 15.9. The second-order valence-electron chi connectivity index (χ2n) is 8.26. The van der Waals surface area contributed by atoms with Crippen LogP contribution in [0.2, 0.25) is 0 Å². The van der Waals surface area contributed by atoms with E-state index in [1.807, 2.05) is 29.8 Å². The number of aromatic amines is 2. The van der Waals surface area contributed by atoms with Crippen LogP contribution in [0.3, 0.4) is 0 Å². The number of thiol groups is 1. The Kier molecular flexibility index (Phi) is 6.32. The second-order valence-corrected chi connectivity index (χ2v) is 8.66. The van der Waals surface area contributed by atoms with Gasteiger partial charge in [0.25, 0.3) is 10.8 Å². The van der Waals surface area contributed by atoms with E-state index in [1.54, 1.807) is 49.1 Å². The van der Waals surface area contributed by atoms with Crippen molar-refractivity contribution in [2.45, 2.75) is 13.0 Å². The maximum atomic E-state index is 12.8. The van der Waals surface area contributed by atoms with Crippen LogP contribution < -0.4 is 16.2 Å². The highest BCUT2D eigenvalue weighted by Crippen LogP contribution is 2.28. The summed E-state index contributed by atoms with van der Waals surface area (Å²) in [7, 11) is 0. The lowest BCUT2D eigenvalue weighted by Crippen LogP contribution is -2.17. The largest absolute Gasteiger partial charge is 0.387 e. The number of carbonyl (C=O) groups excluding carboxylic acids is 1. The molecule has 11 heteroatoms. The van der Waals surface area contributed by atoms with E-state index >= 15 is 0 Å². The minimum Gasteiger partial charge on any atom is -0.387 e. The van der Waals surface area contributed by atoms with Crippen molar-refractivity contribution >= 4 is 40.3 Å². The highest BCUT2D eigenvalue weighted by atomic mass is 32.1. The molecule has 1 atom stereocenters. The zero-order valence-electron chi connectivity index (χ0n) is 19.2. The number of aryl methyl sites for hydroxylation is 1. The van der Waals surface area contributed by atoms with E-state index in [0.29, 0.717) is 28.3 Å². The lowest BCUT2D eigenvalue weighted by molar-refractivity contribution is 0.191. The molecule has 3 aromatic heterocycles. The predicted octanol–water partition coefficient (Wildman–Crippen LogP) is 4.02. The molecule has 0 saturated heterocycles. The molecule has 36 heavy (non-hydrogen) atoms. The average Bonchev–Trinajstić information content (AvgIpc) is 3.53. The average molecular weight is 502 g/mol. The Balaban J connectivity index is 1.41. The number of H-pyrrole nitrogens is 2. The maximum absolute atomic E-state index is 12.8. The molecule has 1 unspecified atom stereocenters. The van der Waals surface area contributed by atoms with Gasteiger partial charge in [-0.15, -0.1) is 0 Å². The van der Waals surface area contributed by atoms with Crippen LogP contribution in [0, 0.1) is 6.92 Å². The van der Waals surface area contributed by atoms with Crippen LogP contribution in [-0.2, 0) is 0 Å². The van der Waals surface area contributed by atoms with Gasteiger partial charge in [0.15, 0.2) is 0 Å². The first-order valence-corrected chi connectivity index (χ1v) is 11.6. The maximum Gasteiger partial charge on any atom is 0.280 e. The summed E-state index contributed by atoms with van der Waals surface area (Å²) in [4.78, 5) is 38.7. The first kappa shape index (κ1) is 23.4. The van der Waals surface area contributed by atoms with Gasteiger partial charge in [0.05, 0.1) is 29.2 Å². The molecule has 5 N–H and O–H groups in total. The molecule has 0 spiro atoms. The smallest absolute Gasteiger partial charge is 0.280 e. The number of aromatic nitrogens is 5. The summed E-state index contributed by atoms with van der Waals surface area (Å²) in [6.07, 6.45) is 5.98. The van der Waals surface area contributed by atoms with E-state index in [0.717, 1.165) is 22.3 Å². The van der Waals surface area contributed by atoms with Crippen molar-refractivity contribution in [1.82, 2.24) is 24.5 Å². The number of hydrogen-bond donors (Lipinski definition) is 6. The van der Waals surface area contributed by atoms with Gasteiger partial charge in [0.2, 0.25) is 0 Å². The van der Waals surface area contributed by atoms with Gasteiger partial charge in [-0.3, -0.25) is 9.59 Å². The number of carbonyl (C=O) groups is 1. The molecule has 2 aromatic carbocycles. The van der Waals surface area contributed by atoms with Gasteiger partial charge in [0.1, 0.15) is 11.4 Å². The first-order valence-electron chi connectivity index (χ1n) is 11.1. The normalized spacial score (nSPS) is 12.0. The standard InChI is InChI=1S/C25H23N7O3S/c1-14-10-17(32-9-8-26-13-32)11-19-22(14)31-23(30-19)21-18(6-7-27-24(21)34)28-12-20(33)15-2-4-16(5-3-15)29-25(35)36/h2-11,13,20,33H,12H2,1H3,(H,30,31)(H2,27,28,34)(H2,29,35,36). The lowest BCUT2D eigenvalue weighted by Gasteiger charge is -2.15. The number of nitrogens with zero attached hydrogens (tertiary/aromatic N) is 3. The summed E-state index contributed by atoms with van der Waals surface area (Å²) in [5.74, 6) is 0.418. The molecule has 0 saturated carbocycles. The molecule has 182 valence electrons. The van der Waals surface area contributed by atoms with Crippen LogP contribution in [0.25, 0.3) is 28.1 Å². The topological polar surface area (TPSA) is 141 Å². The number of aliphatic hydroxyl groups is 1. The number of benzene rings is 2. The van der Waals surface area contributed by atoms with E-state index in [4.69, 9.17) is 4.98 Å². The van der Waals surface area contributed by atoms with Gasteiger partial charge in [-0.2, -0.15) is 0 Å². The molecule has 0 radical (unpaired) electrons. The Morgan fingerprint density at radius 2 is 2.03 bits per heavy atom. The molecule has 0 bridgehead atoms. The van der Waals surface area contributed by atoms with Crippen LogP contribution in [0.15, 0.2) is 72.2 Å². The fourth-order valence-electron chi connectivity index (χ4n) is 4.05. The van der Waals surface area contributed by atoms with Crippen molar-refractivity contribution in [1.29, 1.82) is 0 Å². The number of hydrogen-bond acceptors (Lipinski definition) is 6. The molecular weight excluding hydrogens is 478 g/mol. The van der Waals surface area contributed by atoms with Crippen LogP contribution >= 0.6 is 12.6 Å². The molecular formula is C25H23N7O3S. The van der Waals surface area contributed by atoms with Crippen molar-refractivity contribution in [2.75, 3.05) is 17.2 Å². The minimum absolute atomic E-state index is 0.152. The van der Waals surface area contributed by atoms with Crippen molar-refractivity contribution in [3.63, 3.8) is 0 Å². The Hall–Kier alpha value is -4.35. The van der Waals surface area contributed by atoms with E-state index in [2.05, 4.69) is 38.2 Å². The number of amides is 1. The molecule has 0 aliphatic heterocycles. The number of nitrogens with one attached hydrogen (secondary N) is 4. The van der Waals surface area contributed by atoms with Gasteiger partial charge >= 0.3 is 0 Å². The van der Waals surface area contributed by atoms with Crippen LogP contribution in [-0.4, -0.2) is 41.4 Å². The number of pyridine rings is 1. The van der Waals surface area contributed by atoms with Crippen LogP contribution in [0.4, 0.5) is 16.2 Å². The highest BCUT2D eigenvalue weighted by Gasteiger charge is 2.17. The fourth-order valence-corrected chi connectivity index (χ4v) is 4.18. The lowest BCUT2D eigenvalue weighted by atomic mass is 10.1. The molecule has 5 rings (SSSR count). The minimum atomic E-state index is -0.853. The summed E-state index contributed by atoms with van der Waals surface area (Å²) in [6, 6.07) is 12.5. The van der Waals surface area contributed by atoms with Gasteiger partial charge < -0.3 is 30.3 Å². The van der Waals surface area contributed by atoms with Crippen molar-refractivity contribution in [2.24, 2.45) is 0 Å². The van der Waals surface area contributed by atoms with E-state index in [9.17, 15) is 14.7 Å². The third-order valence-electron chi connectivity index (χ3n) is 5.79. The van der Waals surface area contributed by atoms with Gasteiger partial charge in [-0.05, 0) is 48.4 Å². The van der Waals surface area contributed by atoms with Crippen molar-refractivity contribution in [3.8, 4) is 17.1 Å². The second kappa shape index (κ2) is 9.72. The molecule has 3 heterocycles. The Morgan fingerprint density at radius 3 is 2.75 bits per heavy atom. The monoisotopic (exact) mass is 501 g/mol. The fraction of sp³-hybridized carbons (Fsp3) is 0.120. The van der Waals surface area contributed by atoms with Gasteiger partial charge in [0, 0.05) is 36.5 Å². The summed E-state index contributed by atoms with van der Waals surface area (Å²) < 4.78 is 1.90. The Labute approximate surface area is 210 Å². The SMILES string of the molecule is Cc1cc(-n2ccnc2)cc2[nH]c(-c3c(NCC(O)c4ccc(NC(=O)S)cc4)cc[nH]c3=O)nc12. The number of rotatable bonds is 7. The van der Waals surface area contributed by atoms with Gasteiger partial charge in [-0.1, -0.05) is 24.8 Å². The van der Waals surface area contributed by atoms with E-state index in [-0.39, 0.29) is 12.1 Å². The molecule has 0 aliphatic carbocycles. The molecule has 0 fully saturated rings. The number of imidazole rings is 2. The molecule has 5 aromatic rings. The summed E-state index contributed by atoms with van der Waals surface area (Å²) in [6.45, 7) is 2.11. The zero-order valence-corrected chi connectivity index (χ0v) is 20.1. The Morgan fingerprint density at radius 1 is 1.22 bits per heavy atom. The number of anilines is 2. The quantitative estimate of drug-likeness (QED) is 0.186.